The number of H-pyrrole nitrogens is 1. The van der Waals surface area contributed by atoms with Crippen LogP contribution in [-0.4, -0.2) is 38.6 Å². The summed E-state index contributed by atoms with van der Waals surface area (Å²) in [5.41, 5.74) is 4.36. The van der Waals surface area contributed by atoms with Gasteiger partial charge in [-0.3, -0.25) is 4.98 Å². The van der Waals surface area contributed by atoms with Crippen LogP contribution in [0.4, 0.5) is 16.0 Å². The van der Waals surface area contributed by atoms with Gasteiger partial charge in [-0.15, -0.1) is 0 Å². The minimum Gasteiger partial charge on any atom is -0.364 e. The van der Waals surface area contributed by atoms with Crippen molar-refractivity contribution in [3.8, 4) is 11.4 Å². The van der Waals surface area contributed by atoms with Gasteiger partial charge in [0.15, 0.2) is 5.82 Å². The second-order valence-corrected chi connectivity index (χ2v) is 9.51. The lowest BCUT2D eigenvalue weighted by molar-refractivity contribution is 0.443. The summed E-state index contributed by atoms with van der Waals surface area (Å²) in [6.07, 6.45) is 8.03. The fourth-order valence-corrected chi connectivity index (χ4v) is 5.24. The van der Waals surface area contributed by atoms with Gasteiger partial charge < -0.3 is 15.2 Å². The summed E-state index contributed by atoms with van der Waals surface area (Å²) in [4.78, 5) is 19.5. The monoisotopic (exact) mass is 442 g/mol. The standard InChI is InChI=1S/C26H27FN6/c1-26(9-8-22-20(14-26)19-6-2-3-7-21(19)29-22)32-23-13-24(33-10-4-5-11-33)31-25(30-23)17-12-18(27)16-28-15-17/h2-3,6-7,12-13,15-16,29H,4-5,8-11,14H2,1H3,(H,30,31,32). The van der Waals surface area contributed by atoms with Gasteiger partial charge in [-0.1, -0.05) is 18.2 Å². The van der Waals surface area contributed by atoms with Gasteiger partial charge in [0.2, 0.25) is 0 Å². The Labute approximate surface area is 192 Å². The Kier molecular flexibility index (Phi) is 4.78. The largest absolute Gasteiger partial charge is 0.364 e. The Morgan fingerprint density at radius 1 is 1.09 bits per heavy atom. The fraction of sp³-hybridized carbons (Fsp3) is 0.346. The number of nitrogens with one attached hydrogen (secondary N) is 2. The van der Waals surface area contributed by atoms with Gasteiger partial charge >= 0.3 is 0 Å². The van der Waals surface area contributed by atoms with E-state index in [0.29, 0.717) is 11.4 Å². The summed E-state index contributed by atoms with van der Waals surface area (Å²) >= 11 is 0. The maximum absolute atomic E-state index is 13.9. The predicted octanol–water partition coefficient (Wildman–Crippen LogP) is 5.12. The minimum atomic E-state index is -0.386. The predicted molar refractivity (Wildman–Crippen MR) is 129 cm³/mol. The van der Waals surface area contributed by atoms with E-state index in [4.69, 9.17) is 9.97 Å². The molecule has 1 saturated heterocycles. The first kappa shape index (κ1) is 20.1. The van der Waals surface area contributed by atoms with Crippen LogP contribution in [0.3, 0.4) is 0 Å². The molecule has 1 unspecified atom stereocenters. The number of para-hydroxylation sites is 1. The average Bonchev–Trinajstić information content (AvgIpc) is 3.47. The minimum absolute atomic E-state index is 0.147. The smallest absolute Gasteiger partial charge is 0.165 e. The van der Waals surface area contributed by atoms with Crippen molar-refractivity contribution in [3.63, 3.8) is 0 Å². The zero-order chi connectivity index (χ0) is 22.4. The van der Waals surface area contributed by atoms with Crippen LogP contribution in [0.2, 0.25) is 0 Å². The lowest BCUT2D eigenvalue weighted by Gasteiger charge is -2.35. The van der Waals surface area contributed by atoms with Gasteiger partial charge in [0, 0.05) is 53.1 Å². The van der Waals surface area contributed by atoms with Crippen molar-refractivity contribution in [1.82, 2.24) is 19.9 Å². The third-order valence-electron chi connectivity index (χ3n) is 6.93. The normalized spacial score (nSPS) is 20.2. The molecule has 6 rings (SSSR count). The van der Waals surface area contributed by atoms with E-state index in [1.54, 1.807) is 6.20 Å². The molecule has 0 radical (unpaired) electrons. The maximum atomic E-state index is 13.9. The van der Waals surface area contributed by atoms with Crippen molar-refractivity contribution in [3.05, 3.63) is 65.9 Å². The molecule has 33 heavy (non-hydrogen) atoms. The topological polar surface area (TPSA) is 69.7 Å². The van der Waals surface area contributed by atoms with Crippen molar-refractivity contribution in [1.29, 1.82) is 0 Å². The van der Waals surface area contributed by atoms with Crippen LogP contribution in [0, 0.1) is 5.82 Å². The van der Waals surface area contributed by atoms with Crippen LogP contribution in [0.25, 0.3) is 22.3 Å². The molecule has 1 aliphatic heterocycles. The van der Waals surface area contributed by atoms with Crippen molar-refractivity contribution in [2.75, 3.05) is 23.3 Å². The summed E-state index contributed by atoms with van der Waals surface area (Å²) in [5.74, 6) is 1.78. The van der Waals surface area contributed by atoms with Crippen LogP contribution in [0.1, 0.15) is 37.4 Å². The average molecular weight is 443 g/mol. The molecule has 7 heteroatoms. The highest BCUT2D eigenvalue weighted by Gasteiger charge is 2.32. The van der Waals surface area contributed by atoms with Crippen LogP contribution < -0.4 is 10.2 Å². The van der Waals surface area contributed by atoms with E-state index in [2.05, 4.69) is 51.4 Å². The van der Waals surface area contributed by atoms with Crippen molar-refractivity contribution in [2.45, 2.75) is 44.6 Å². The third-order valence-corrected chi connectivity index (χ3v) is 6.93. The van der Waals surface area contributed by atoms with E-state index < -0.39 is 0 Å². The van der Waals surface area contributed by atoms with E-state index >= 15 is 0 Å². The lowest BCUT2D eigenvalue weighted by Crippen LogP contribution is -2.41. The number of fused-ring (bicyclic) bond motifs is 3. The van der Waals surface area contributed by atoms with Crippen LogP contribution in [0.15, 0.2) is 48.8 Å². The first-order valence-electron chi connectivity index (χ1n) is 11.7. The van der Waals surface area contributed by atoms with Crippen LogP contribution >= 0.6 is 0 Å². The van der Waals surface area contributed by atoms with Crippen LogP contribution in [-0.2, 0) is 12.8 Å². The molecule has 1 fully saturated rings. The highest BCUT2D eigenvalue weighted by Crippen LogP contribution is 2.36. The molecule has 0 bridgehead atoms. The first-order valence-corrected chi connectivity index (χ1v) is 11.7. The molecule has 0 amide bonds. The Balaban J connectivity index is 1.36. The number of anilines is 2. The zero-order valence-electron chi connectivity index (χ0n) is 18.7. The summed E-state index contributed by atoms with van der Waals surface area (Å²) in [6.45, 7) is 4.22. The molecule has 2 N–H and O–H groups in total. The highest BCUT2D eigenvalue weighted by molar-refractivity contribution is 5.85. The van der Waals surface area contributed by atoms with E-state index in [1.807, 2.05) is 6.07 Å². The Morgan fingerprint density at radius 2 is 1.94 bits per heavy atom. The molecule has 1 aliphatic carbocycles. The Hall–Kier alpha value is -3.48. The maximum Gasteiger partial charge on any atom is 0.165 e. The molecule has 4 heterocycles. The number of rotatable bonds is 4. The number of aromatic amines is 1. The summed E-state index contributed by atoms with van der Waals surface area (Å²) < 4.78 is 13.9. The number of aryl methyl sites for hydroxylation is 1. The molecule has 0 spiro atoms. The number of pyridine rings is 1. The first-order chi connectivity index (χ1) is 16.1. The fourth-order valence-electron chi connectivity index (χ4n) is 5.24. The molecule has 1 atom stereocenters. The van der Waals surface area contributed by atoms with Gasteiger partial charge in [-0.25, -0.2) is 14.4 Å². The number of benzene rings is 1. The quantitative estimate of drug-likeness (QED) is 0.459. The molecule has 0 saturated carbocycles. The number of aromatic nitrogens is 4. The van der Waals surface area contributed by atoms with Gasteiger partial charge in [-0.05, 0) is 56.7 Å². The van der Waals surface area contributed by atoms with Crippen LogP contribution in [0.5, 0.6) is 0 Å². The zero-order valence-corrected chi connectivity index (χ0v) is 18.7. The molecule has 4 aromatic rings. The van der Waals surface area contributed by atoms with Crippen molar-refractivity contribution < 1.29 is 4.39 Å². The number of hydrogen-bond acceptors (Lipinski definition) is 5. The van der Waals surface area contributed by atoms with Gasteiger partial charge in [-0.2, -0.15) is 0 Å². The van der Waals surface area contributed by atoms with E-state index in [-0.39, 0.29) is 11.4 Å². The second kappa shape index (κ2) is 7.83. The number of halogens is 1. The van der Waals surface area contributed by atoms with Crippen molar-refractivity contribution in [2.24, 2.45) is 0 Å². The molecular formula is C26H27FN6. The van der Waals surface area contributed by atoms with E-state index in [0.717, 1.165) is 56.8 Å². The lowest BCUT2D eigenvalue weighted by atomic mass is 9.81. The molecular weight excluding hydrogens is 415 g/mol. The Morgan fingerprint density at radius 3 is 2.79 bits per heavy atom. The summed E-state index contributed by atoms with van der Waals surface area (Å²) in [6, 6.07) is 12.0. The van der Waals surface area contributed by atoms with Crippen molar-refractivity contribution >= 4 is 22.5 Å². The van der Waals surface area contributed by atoms with E-state index in [1.165, 1.54) is 34.4 Å². The van der Waals surface area contributed by atoms with Gasteiger partial charge in [0.1, 0.15) is 17.5 Å². The second-order valence-electron chi connectivity index (χ2n) is 9.51. The molecule has 6 nitrogen and oxygen atoms in total. The molecule has 168 valence electrons. The van der Waals surface area contributed by atoms with Gasteiger partial charge in [0.25, 0.3) is 0 Å². The highest BCUT2D eigenvalue weighted by atomic mass is 19.1. The third kappa shape index (κ3) is 3.81. The number of hydrogen-bond donors (Lipinski definition) is 2. The SMILES string of the molecule is CC1(Nc2cc(N3CCCC3)nc(-c3cncc(F)c3)n2)CCc2[nH]c3ccccc3c2C1. The van der Waals surface area contributed by atoms with Gasteiger partial charge in [0.05, 0.1) is 6.20 Å². The molecule has 3 aromatic heterocycles. The summed E-state index contributed by atoms with van der Waals surface area (Å²) in [5, 5.41) is 5.03. The molecule has 1 aromatic carbocycles. The molecule has 2 aliphatic rings. The van der Waals surface area contributed by atoms with E-state index in [9.17, 15) is 4.39 Å². The Bertz CT molecular complexity index is 1330. The number of nitrogens with zero attached hydrogens (tertiary/aromatic N) is 4. The summed E-state index contributed by atoms with van der Waals surface area (Å²) in [7, 11) is 0.